The lowest BCUT2D eigenvalue weighted by molar-refractivity contribution is -0.725. The largest absolute Gasteiger partial charge is 0.269 e. The summed E-state index contributed by atoms with van der Waals surface area (Å²) in [6, 6.07) is 27.5. The molecule has 0 bridgehead atoms. The van der Waals surface area contributed by atoms with Gasteiger partial charge in [-0.15, -0.1) is 9.20 Å². The Morgan fingerprint density at radius 3 is 2.31 bits per heavy atom. The summed E-state index contributed by atoms with van der Waals surface area (Å²) < 4.78 is 4.38. The number of non-ortho nitro benzene ring substituents is 1. The molecule has 0 unspecified atom stereocenters. The van der Waals surface area contributed by atoms with Gasteiger partial charge >= 0.3 is 0 Å². The van der Waals surface area contributed by atoms with Crippen LogP contribution in [-0.2, 0) is 7.05 Å². The fraction of sp³-hybridized carbons (Fsp3) is 0.0417. The summed E-state index contributed by atoms with van der Waals surface area (Å²) in [6.07, 6.45) is 2.09. The van der Waals surface area contributed by atoms with Gasteiger partial charge in [0, 0.05) is 34.4 Å². The third-order valence-electron chi connectivity index (χ3n) is 5.33. The Morgan fingerprint density at radius 2 is 1.59 bits per heavy atom. The van der Waals surface area contributed by atoms with Crippen LogP contribution in [0.25, 0.3) is 33.8 Å². The molecule has 29 heavy (non-hydrogen) atoms. The minimum Gasteiger partial charge on any atom is -0.258 e. The van der Waals surface area contributed by atoms with Gasteiger partial charge in [-0.1, -0.05) is 36.4 Å². The van der Waals surface area contributed by atoms with Crippen molar-refractivity contribution in [1.82, 2.24) is 4.52 Å². The van der Waals surface area contributed by atoms with Crippen LogP contribution < -0.4 is 9.90 Å². The number of rotatable bonds is 3. The van der Waals surface area contributed by atoms with Crippen molar-refractivity contribution in [3.63, 3.8) is 0 Å². The van der Waals surface area contributed by atoms with Crippen molar-refractivity contribution >= 4 is 28.2 Å². The Morgan fingerprint density at radius 1 is 0.897 bits per heavy atom. The second-order valence-electron chi connectivity index (χ2n) is 7.04. The third-order valence-corrected chi connectivity index (χ3v) is 5.33. The van der Waals surface area contributed by atoms with Crippen LogP contribution in [-0.4, -0.2) is 9.44 Å². The minimum absolute atomic E-state index is 0.0973. The smallest absolute Gasteiger partial charge is 0.258 e. The zero-order chi connectivity index (χ0) is 20.0. The highest BCUT2D eigenvalue weighted by atomic mass is 16.6. The zero-order valence-electron chi connectivity index (χ0n) is 15.8. The van der Waals surface area contributed by atoms with Crippen LogP contribution in [0.1, 0.15) is 5.56 Å². The topological polar surface area (TPSA) is 51.4 Å². The van der Waals surface area contributed by atoms with E-state index in [4.69, 9.17) is 0 Å². The van der Waals surface area contributed by atoms with Crippen LogP contribution in [0.3, 0.4) is 0 Å². The molecule has 2 heterocycles. The molecule has 0 fully saturated rings. The van der Waals surface area contributed by atoms with Crippen LogP contribution in [0, 0.1) is 10.1 Å². The lowest BCUT2D eigenvalue weighted by Gasteiger charge is -1.96. The highest BCUT2D eigenvalue weighted by Gasteiger charge is 2.21. The van der Waals surface area contributed by atoms with E-state index in [2.05, 4.69) is 52.7 Å². The molecule has 0 aliphatic carbocycles. The van der Waals surface area contributed by atoms with Gasteiger partial charge in [-0.3, -0.25) is 10.1 Å². The number of para-hydroxylation sites is 1. The predicted molar refractivity (Wildman–Crippen MR) is 113 cm³/mol. The highest BCUT2D eigenvalue weighted by molar-refractivity contribution is 5.90. The predicted octanol–water partition coefficient (Wildman–Crippen LogP) is 4.04. The van der Waals surface area contributed by atoms with Gasteiger partial charge in [-0.25, -0.2) is 0 Å². The first kappa shape index (κ1) is 17.1. The number of nitro benzene ring substituents is 1. The summed E-state index contributed by atoms with van der Waals surface area (Å²) in [5, 5.41) is 13.2. The zero-order valence-corrected chi connectivity index (χ0v) is 15.8. The Labute approximate surface area is 166 Å². The molecule has 0 atom stereocenters. The average molecular weight is 380 g/mol. The Kier molecular flexibility index (Phi) is 3.88. The van der Waals surface area contributed by atoms with E-state index in [0.29, 0.717) is 0 Å². The molecule has 0 aliphatic heterocycles. The molecule has 0 spiro atoms. The molecule has 5 nitrogen and oxygen atoms in total. The first-order chi connectivity index (χ1) is 14.1. The molecular weight excluding hydrogens is 362 g/mol. The summed E-state index contributed by atoms with van der Waals surface area (Å²) in [5.74, 6) is 0. The van der Waals surface area contributed by atoms with Gasteiger partial charge in [0.2, 0.25) is 5.69 Å². The van der Waals surface area contributed by atoms with E-state index in [1.165, 1.54) is 0 Å². The Hall–Kier alpha value is -3.99. The maximum atomic E-state index is 10.9. The molecule has 5 heteroatoms. The van der Waals surface area contributed by atoms with Gasteiger partial charge in [-0.05, 0) is 42.0 Å². The molecule has 0 radical (unpaired) electrons. The second-order valence-corrected chi connectivity index (χ2v) is 7.04. The lowest BCUT2D eigenvalue weighted by Crippen LogP contribution is -2.36. The van der Waals surface area contributed by atoms with Crippen molar-refractivity contribution in [2.45, 2.75) is 0 Å². The first-order valence-electron chi connectivity index (χ1n) is 9.37. The molecule has 0 saturated heterocycles. The van der Waals surface area contributed by atoms with Gasteiger partial charge < -0.3 is 0 Å². The van der Waals surface area contributed by atoms with Crippen molar-refractivity contribution in [2.75, 3.05) is 0 Å². The summed E-state index contributed by atoms with van der Waals surface area (Å²) in [6.45, 7) is 0. The van der Waals surface area contributed by atoms with Crippen LogP contribution in [0.2, 0.25) is 0 Å². The molecule has 0 aliphatic rings. The molecular formula is C24H18N3O2+. The van der Waals surface area contributed by atoms with Gasteiger partial charge in [0.05, 0.1) is 4.92 Å². The van der Waals surface area contributed by atoms with Gasteiger partial charge in [0.15, 0.2) is 7.05 Å². The van der Waals surface area contributed by atoms with E-state index in [-0.39, 0.29) is 10.6 Å². The highest BCUT2D eigenvalue weighted by Crippen LogP contribution is 2.21. The fourth-order valence-corrected chi connectivity index (χ4v) is 3.95. The van der Waals surface area contributed by atoms with Crippen molar-refractivity contribution < 1.29 is 9.61 Å². The molecule has 0 saturated carbocycles. The number of nitro groups is 1. The van der Waals surface area contributed by atoms with Gasteiger partial charge in [0.25, 0.3) is 5.69 Å². The summed E-state index contributed by atoms with van der Waals surface area (Å²) >= 11 is 0. The Bertz CT molecular complexity index is 1420. The van der Waals surface area contributed by atoms with E-state index < -0.39 is 0 Å². The number of aromatic nitrogens is 2. The number of aryl methyl sites for hydroxylation is 1. The number of fused-ring (bicyclic) bond motifs is 3. The maximum Gasteiger partial charge on any atom is 0.269 e. The van der Waals surface area contributed by atoms with E-state index in [0.717, 1.165) is 38.5 Å². The minimum atomic E-state index is -0.376. The van der Waals surface area contributed by atoms with Crippen LogP contribution in [0.5, 0.6) is 0 Å². The van der Waals surface area contributed by atoms with Crippen LogP contribution in [0.4, 0.5) is 5.69 Å². The normalized spacial score (nSPS) is 12.1. The second kappa shape index (κ2) is 6.56. The molecule has 3 aromatic carbocycles. The molecule has 140 valence electrons. The summed E-state index contributed by atoms with van der Waals surface area (Å²) in [4.78, 5) is 10.6. The summed E-state index contributed by atoms with van der Waals surface area (Å²) in [5.41, 5.74) is 5.54. The van der Waals surface area contributed by atoms with E-state index >= 15 is 0 Å². The van der Waals surface area contributed by atoms with Crippen molar-refractivity contribution in [1.29, 1.82) is 0 Å². The van der Waals surface area contributed by atoms with E-state index in [9.17, 15) is 10.1 Å². The molecule has 5 aromatic rings. The van der Waals surface area contributed by atoms with Gasteiger partial charge in [-0.2, -0.15) is 0 Å². The van der Waals surface area contributed by atoms with Gasteiger partial charge in [0.1, 0.15) is 11.0 Å². The Balaban J connectivity index is 1.80. The molecule has 0 N–H and O–H groups in total. The lowest BCUT2D eigenvalue weighted by atomic mass is 10.1. The van der Waals surface area contributed by atoms with E-state index in [1.807, 2.05) is 30.3 Å². The van der Waals surface area contributed by atoms with Crippen molar-refractivity contribution in [3.05, 3.63) is 106 Å². The standard InChI is InChI=1S/C24H18N3O2/c1-25-23(18-7-3-2-4-8-18)16-24-21(20-9-5-6-10-22(20)26(24)25)15-17-11-13-19(14-12-17)27(28)29/h2-16H,1H3/q+1/b21-15-. The third kappa shape index (κ3) is 2.75. The number of benzene rings is 3. The SMILES string of the molecule is C[n+]1c(-c2ccccc2)cc2/c(=C\c3ccc([N+](=O)[O-])cc3)c3ccccc3n21. The number of hydrogen-bond donors (Lipinski definition) is 0. The van der Waals surface area contributed by atoms with Crippen LogP contribution >= 0.6 is 0 Å². The van der Waals surface area contributed by atoms with Crippen LogP contribution in [0.15, 0.2) is 84.9 Å². The number of hydrogen-bond acceptors (Lipinski definition) is 2. The fourth-order valence-electron chi connectivity index (χ4n) is 3.95. The maximum absolute atomic E-state index is 10.9. The quantitative estimate of drug-likeness (QED) is 0.269. The summed E-state index contributed by atoms with van der Waals surface area (Å²) in [7, 11) is 2.07. The van der Waals surface area contributed by atoms with Crippen molar-refractivity contribution in [2.24, 2.45) is 7.05 Å². The number of nitrogens with zero attached hydrogens (tertiary/aromatic N) is 3. The monoisotopic (exact) mass is 380 g/mol. The van der Waals surface area contributed by atoms with Crippen molar-refractivity contribution in [3.8, 4) is 11.3 Å². The average Bonchev–Trinajstić information content (AvgIpc) is 3.25. The molecule has 5 rings (SSSR count). The first-order valence-corrected chi connectivity index (χ1v) is 9.37. The van der Waals surface area contributed by atoms with E-state index in [1.54, 1.807) is 24.3 Å². The molecule has 2 aromatic heterocycles. The molecule has 0 amide bonds.